The summed E-state index contributed by atoms with van der Waals surface area (Å²) in [5.41, 5.74) is 0.778. The molecule has 63 heavy (non-hydrogen) atoms. The van der Waals surface area contributed by atoms with Gasteiger partial charge in [-0.25, -0.2) is 4.79 Å². The second kappa shape index (κ2) is 20.0. The molecule has 4 heterocycles. The Labute approximate surface area is 375 Å². The lowest BCUT2D eigenvalue weighted by Crippen LogP contribution is -2.49. The Morgan fingerprint density at radius 2 is 1.10 bits per heavy atom. The molecule has 2 aromatic carbocycles. The first-order valence-corrected chi connectivity index (χ1v) is 24.1. The third-order valence-corrected chi connectivity index (χ3v) is 14.8. The minimum Gasteiger partial charge on any atom is -0.508 e. The highest BCUT2D eigenvalue weighted by molar-refractivity contribution is 6.02. The number of hydrogen-bond donors (Lipinski definition) is 5. The Morgan fingerprint density at radius 1 is 0.651 bits per heavy atom. The van der Waals surface area contributed by atoms with Crippen molar-refractivity contribution < 1.29 is 49.4 Å². The number of nitrogens with zero attached hydrogens (tertiary/aromatic N) is 2. The number of carbonyl (C=O) groups excluding carboxylic acids is 2. The topological polar surface area (TPSA) is 177 Å². The van der Waals surface area contributed by atoms with E-state index in [-0.39, 0.29) is 68.3 Å². The van der Waals surface area contributed by atoms with E-state index in [1.165, 1.54) is 49.1 Å². The highest BCUT2D eigenvalue weighted by Gasteiger charge is 2.47. The van der Waals surface area contributed by atoms with Crippen molar-refractivity contribution in [3.8, 4) is 23.0 Å². The van der Waals surface area contributed by atoms with Gasteiger partial charge in [-0.3, -0.25) is 9.59 Å². The van der Waals surface area contributed by atoms with Crippen molar-refractivity contribution in [3.05, 3.63) is 45.5 Å². The minimum absolute atomic E-state index is 0.0225. The largest absolute Gasteiger partial charge is 0.508 e. The smallest absolute Gasteiger partial charge is 0.326 e. The van der Waals surface area contributed by atoms with Crippen molar-refractivity contribution in [2.24, 2.45) is 23.7 Å². The van der Waals surface area contributed by atoms with E-state index in [1.54, 1.807) is 4.90 Å². The number of aliphatic carboxylic acids is 1. The average molecular weight is 877 g/mol. The van der Waals surface area contributed by atoms with E-state index in [9.17, 15) is 39.9 Å². The van der Waals surface area contributed by atoms with Gasteiger partial charge >= 0.3 is 5.97 Å². The molecule has 2 amide bonds. The maximum Gasteiger partial charge on any atom is 0.326 e. The molecule has 2 unspecified atom stereocenters. The predicted molar refractivity (Wildman–Crippen MR) is 242 cm³/mol. The van der Waals surface area contributed by atoms with E-state index in [0.717, 1.165) is 32.1 Å². The zero-order valence-electron chi connectivity index (χ0n) is 39.3. The second-order valence-corrected chi connectivity index (χ2v) is 21.0. The van der Waals surface area contributed by atoms with Crippen LogP contribution in [0.15, 0.2) is 12.1 Å². The number of carboxylic acid groups (broad SMARTS) is 1. The summed E-state index contributed by atoms with van der Waals surface area (Å²) in [5.74, 6) is 1.05. The molecule has 0 bridgehead atoms. The molecule has 0 spiro atoms. The number of rotatable bonds is 22. The van der Waals surface area contributed by atoms with E-state index < -0.39 is 41.3 Å². The van der Waals surface area contributed by atoms with Crippen molar-refractivity contribution in [3.63, 3.8) is 0 Å². The highest BCUT2D eigenvalue weighted by atomic mass is 16.5. The molecule has 5 N–H and O–H groups in total. The van der Waals surface area contributed by atoms with E-state index in [1.807, 2.05) is 13.8 Å². The Hall–Kier alpha value is -4.03. The van der Waals surface area contributed by atoms with E-state index in [0.29, 0.717) is 75.8 Å². The third kappa shape index (κ3) is 10.8. The van der Waals surface area contributed by atoms with Crippen LogP contribution < -0.4 is 9.47 Å². The van der Waals surface area contributed by atoms with Crippen molar-refractivity contribution in [1.29, 1.82) is 0 Å². The maximum atomic E-state index is 13.9. The molecule has 0 aromatic heterocycles. The lowest BCUT2D eigenvalue weighted by Gasteiger charge is -2.41. The van der Waals surface area contributed by atoms with Gasteiger partial charge in [-0.05, 0) is 88.2 Å². The van der Waals surface area contributed by atoms with E-state index in [4.69, 9.17) is 9.47 Å². The minimum atomic E-state index is -1.21. The van der Waals surface area contributed by atoms with Crippen LogP contribution in [0.1, 0.15) is 188 Å². The highest BCUT2D eigenvalue weighted by Crippen LogP contribution is 2.48. The summed E-state index contributed by atoms with van der Waals surface area (Å²) < 4.78 is 13.2. The van der Waals surface area contributed by atoms with Crippen LogP contribution in [0, 0.1) is 23.7 Å². The summed E-state index contributed by atoms with van der Waals surface area (Å²) in [7, 11) is 0. The summed E-state index contributed by atoms with van der Waals surface area (Å²) in [6, 6.07) is 1.61. The first-order valence-electron chi connectivity index (χ1n) is 24.1. The number of aromatic hydroxyl groups is 2. The molecular formula is C51H76N2O10. The van der Waals surface area contributed by atoms with Gasteiger partial charge in [-0.1, -0.05) is 92.9 Å². The van der Waals surface area contributed by atoms with Crippen molar-refractivity contribution >= 4 is 17.8 Å². The SMILES string of the molecule is CC(C)CCCC(C)CCC[C@@]1(C)Oc2c(c(O)cc3c2CN(CCC[C@@H](C(=O)O)N2Cc4c(cc(O)c5c4O[C@](C)(CCCC(C)CCCC(C)C)[C@@H](O)C5)C2=O)C3=O)C[C@@H]1O. The van der Waals surface area contributed by atoms with Crippen LogP contribution in [-0.2, 0) is 30.7 Å². The molecule has 2 aromatic rings. The van der Waals surface area contributed by atoms with Crippen molar-refractivity contribution in [1.82, 2.24) is 9.80 Å². The lowest BCUT2D eigenvalue weighted by molar-refractivity contribution is -0.142. The first kappa shape index (κ1) is 48.4. The third-order valence-electron chi connectivity index (χ3n) is 14.8. The number of aliphatic hydroxyl groups is 2. The Bertz CT molecular complexity index is 1980. The van der Waals surface area contributed by atoms with Gasteiger partial charge in [0.05, 0.1) is 36.4 Å². The van der Waals surface area contributed by atoms with Crippen LogP contribution in [0.5, 0.6) is 23.0 Å². The lowest BCUT2D eigenvalue weighted by atomic mass is 9.83. The number of phenols is 2. The molecule has 0 fully saturated rings. The molecule has 0 saturated carbocycles. The van der Waals surface area contributed by atoms with Crippen molar-refractivity contribution in [2.75, 3.05) is 6.54 Å². The number of carbonyl (C=O) groups is 3. The molecule has 4 aliphatic heterocycles. The van der Waals surface area contributed by atoms with E-state index >= 15 is 0 Å². The van der Waals surface area contributed by atoms with Crippen LogP contribution in [0.2, 0.25) is 0 Å². The molecular weight excluding hydrogens is 801 g/mol. The summed E-state index contributed by atoms with van der Waals surface area (Å²) in [5, 5.41) is 55.1. The van der Waals surface area contributed by atoms with Gasteiger partial charge in [-0.2, -0.15) is 0 Å². The Kier molecular flexibility index (Phi) is 15.4. The Balaban J connectivity index is 1.08. The monoisotopic (exact) mass is 877 g/mol. The number of fused-ring (bicyclic) bond motifs is 6. The summed E-state index contributed by atoms with van der Waals surface area (Å²) in [4.78, 5) is 43.5. The number of carboxylic acids is 1. The molecule has 7 atom stereocenters. The zero-order valence-corrected chi connectivity index (χ0v) is 39.3. The number of ether oxygens (including phenoxy) is 2. The molecule has 12 nitrogen and oxygen atoms in total. The Morgan fingerprint density at radius 3 is 1.56 bits per heavy atom. The fourth-order valence-corrected chi connectivity index (χ4v) is 10.4. The number of amides is 2. The number of aliphatic hydroxyl groups excluding tert-OH is 2. The van der Waals surface area contributed by atoms with Crippen LogP contribution in [0.25, 0.3) is 0 Å². The van der Waals surface area contributed by atoms with Gasteiger partial charge in [0.2, 0.25) is 0 Å². The van der Waals surface area contributed by atoms with Crippen LogP contribution in [0.4, 0.5) is 0 Å². The summed E-state index contributed by atoms with van der Waals surface area (Å²) >= 11 is 0. The van der Waals surface area contributed by atoms with Gasteiger partial charge in [-0.15, -0.1) is 0 Å². The van der Waals surface area contributed by atoms with Crippen LogP contribution in [0.3, 0.4) is 0 Å². The molecule has 12 heteroatoms. The maximum absolute atomic E-state index is 13.9. The predicted octanol–water partition coefficient (Wildman–Crippen LogP) is 9.32. The fourth-order valence-electron chi connectivity index (χ4n) is 10.4. The molecule has 4 aliphatic rings. The van der Waals surface area contributed by atoms with Crippen molar-refractivity contribution in [2.45, 2.75) is 201 Å². The van der Waals surface area contributed by atoms with Gasteiger partial charge in [0.25, 0.3) is 11.8 Å². The van der Waals surface area contributed by atoms with Gasteiger partial charge in [0, 0.05) is 41.6 Å². The fraction of sp³-hybridized carbons (Fsp3) is 0.706. The number of phenolic OH excluding ortho intramolecular Hbond substituents is 2. The number of benzene rings is 2. The molecule has 0 aliphatic carbocycles. The molecule has 6 rings (SSSR count). The van der Waals surface area contributed by atoms with Gasteiger partial charge in [0.15, 0.2) is 0 Å². The molecule has 350 valence electrons. The molecule has 0 saturated heterocycles. The van der Waals surface area contributed by atoms with Crippen LogP contribution in [-0.4, -0.2) is 89.1 Å². The van der Waals surface area contributed by atoms with Gasteiger partial charge < -0.3 is 44.8 Å². The average Bonchev–Trinajstić information content (AvgIpc) is 3.69. The van der Waals surface area contributed by atoms with Crippen LogP contribution >= 0.6 is 0 Å². The number of hydrogen-bond acceptors (Lipinski definition) is 9. The zero-order chi connectivity index (χ0) is 46.0. The first-order chi connectivity index (χ1) is 29.7. The normalized spacial score (nSPS) is 24.2. The standard InChI is InChI=1S/C51H76N2O10/c1-30(2)14-9-16-32(5)18-11-21-50(7)43(56)26-36-41(54)24-34-38(45(36)62-50)28-52(47(34)58)23-13-20-40(49(60)61)53-29-39-35(48(53)59)25-42(55)37-27-44(57)51(8,63-46(37)39)22-12-19-33(6)17-10-15-31(3)4/h24-25,30-33,40,43-44,54-57H,9-23,26-29H2,1-8H3,(H,60,61)/t32?,33?,40-,43-,44-,50+,51+/m0/s1. The summed E-state index contributed by atoms with van der Waals surface area (Å²) in [6.07, 6.45) is 11.1. The molecule has 0 radical (unpaired) electrons. The quantitative estimate of drug-likeness (QED) is 0.0766. The summed E-state index contributed by atoms with van der Waals surface area (Å²) in [6.45, 7) is 17.7. The van der Waals surface area contributed by atoms with Gasteiger partial charge in [0.1, 0.15) is 40.2 Å². The second-order valence-electron chi connectivity index (χ2n) is 21.0. The van der Waals surface area contributed by atoms with E-state index in [2.05, 4.69) is 41.5 Å².